The molecule has 0 bridgehead atoms. The summed E-state index contributed by atoms with van der Waals surface area (Å²) in [4.78, 5) is 22.7. The van der Waals surface area contributed by atoms with Crippen molar-refractivity contribution < 1.29 is 9.63 Å². The van der Waals surface area contributed by atoms with Gasteiger partial charge < -0.3 is 5.32 Å². The van der Waals surface area contributed by atoms with Crippen LogP contribution in [0.15, 0.2) is 53.4 Å². The van der Waals surface area contributed by atoms with Gasteiger partial charge in [0.25, 0.3) is 0 Å². The maximum atomic E-state index is 11.4. The Balaban J connectivity index is 1.81. The van der Waals surface area contributed by atoms with E-state index in [1.54, 1.807) is 0 Å². The predicted molar refractivity (Wildman–Crippen MR) is 112 cm³/mol. The number of aromatic nitrogens is 1. The van der Waals surface area contributed by atoms with E-state index in [9.17, 15) is 4.79 Å². The number of aryl methyl sites for hydroxylation is 2. The smallest absolute Gasteiger partial charge is 0.223 e. The highest BCUT2D eigenvalue weighted by Crippen LogP contribution is 2.34. The van der Waals surface area contributed by atoms with Crippen LogP contribution in [0.3, 0.4) is 0 Å². The van der Waals surface area contributed by atoms with Crippen molar-refractivity contribution in [1.29, 1.82) is 0 Å². The Hall–Kier alpha value is -2.19. The van der Waals surface area contributed by atoms with Crippen LogP contribution in [0, 0.1) is 0 Å². The lowest BCUT2D eigenvalue weighted by Gasteiger charge is -2.05. The van der Waals surface area contributed by atoms with Crippen molar-refractivity contribution in [2.75, 3.05) is 5.32 Å². The van der Waals surface area contributed by atoms with Crippen LogP contribution < -0.4 is 11.2 Å². The zero-order valence-corrected chi connectivity index (χ0v) is 16.6. The molecule has 5 nitrogen and oxygen atoms in total. The van der Waals surface area contributed by atoms with Gasteiger partial charge in [-0.15, -0.1) is 12.6 Å². The van der Waals surface area contributed by atoms with Gasteiger partial charge in [0, 0.05) is 11.8 Å². The van der Waals surface area contributed by atoms with E-state index in [-0.39, 0.29) is 5.91 Å². The van der Waals surface area contributed by atoms with Crippen molar-refractivity contribution in [3.63, 3.8) is 0 Å². The number of thiol groups is 1. The first-order valence-electron chi connectivity index (χ1n) is 8.51. The largest absolute Gasteiger partial charge is 0.302 e. The van der Waals surface area contributed by atoms with Crippen molar-refractivity contribution in [3.05, 3.63) is 65.4 Å². The number of benzene rings is 2. The lowest BCUT2D eigenvalue weighted by Crippen LogP contribution is -2.05. The molecule has 27 heavy (non-hydrogen) atoms. The first-order chi connectivity index (χ1) is 13.0. The Morgan fingerprint density at radius 2 is 1.78 bits per heavy atom. The fourth-order valence-corrected chi connectivity index (χ4v) is 3.94. The van der Waals surface area contributed by atoms with Gasteiger partial charge in [0.15, 0.2) is 5.13 Å². The minimum absolute atomic E-state index is 0.120. The van der Waals surface area contributed by atoms with Gasteiger partial charge in [0.05, 0.1) is 17.2 Å². The van der Waals surface area contributed by atoms with Crippen LogP contribution in [0.2, 0.25) is 0 Å². The third-order valence-electron chi connectivity index (χ3n) is 4.03. The highest BCUT2D eigenvalue weighted by molar-refractivity contribution is 7.80. The Labute approximate surface area is 168 Å². The summed E-state index contributed by atoms with van der Waals surface area (Å²) >= 11 is 5.84. The lowest BCUT2D eigenvalue weighted by atomic mass is 10.0. The summed E-state index contributed by atoms with van der Waals surface area (Å²) in [5, 5.41) is 3.42. The summed E-state index contributed by atoms with van der Waals surface area (Å²) in [6.45, 7) is 1.89. The molecule has 3 N–H and O–H groups in total. The number of carbonyl (C=O) groups excluding carboxylic acids is 1. The van der Waals surface area contributed by atoms with E-state index in [1.807, 2.05) is 36.4 Å². The Kier molecular flexibility index (Phi) is 6.63. The van der Waals surface area contributed by atoms with E-state index in [1.165, 1.54) is 23.8 Å². The average Bonchev–Trinajstić information content (AvgIpc) is 3.04. The third-order valence-corrected chi connectivity index (χ3v) is 5.39. The number of hydrogen-bond acceptors (Lipinski definition) is 6. The van der Waals surface area contributed by atoms with Crippen LogP contribution in [0.25, 0.3) is 10.4 Å². The Bertz CT molecular complexity index is 906. The molecule has 3 aromatic rings. The second kappa shape index (κ2) is 9.14. The first kappa shape index (κ1) is 19.6. The fraction of sp³-hybridized carbons (Fsp3) is 0.200. The van der Waals surface area contributed by atoms with E-state index in [2.05, 4.69) is 39.9 Å². The van der Waals surface area contributed by atoms with Gasteiger partial charge in [-0.3, -0.25) is 9.63 Å². The lowest BCUT2D eigenvalue weighted by molar-refractivity contribution is -0.114. The number of nitrogens with two attached hydrogens (primary N) is 1. The quantitative estimate of drug-likeness (QED) is 0.410. The summed E-state index contributed by atoms with van der Waals surface area (Å²) in [7, 11) is 0. The van der Waals surface area contributed by atoms with Crippen molar-refractivity contribution in [1.82, 2.24) is 4.98 Å². The second-order valence-electron chi connectivity index (χ2n) is 6.15. The maximum Gasteiger partial charge on any atom is 0.223 e. The summed E-state index contributed by atoms with van der Waals surface area (Å²) in [5.41, 5.74) is 4.30. The van der Waals surface area contributed by atoms with Crippen molar-refractivity contribution in [3.8, 4) is 10.4 Å². The molecule has 0 unspecified atom stereocenters. The molecule has 1 aromatic heterocycles. The highest BCUT2D eigenvalue weighted by Gasteiger charge is 2.14. The fourth-order valence-electron chi connectivity index (χ4n) is 2.72. The zero-order chi connectivity index (χ0) is 19.2. The zero-order valence-electron chi connectivity index (χ0n) is 14.9. The molecule has 1 heterocycles. The van der Waals surface area contributed by atoms with E-state index in [4.69, 9.17) is 5.90 Å². The number of amides is 1. The number of nitrogens with one attached hydrogen (secondary N) is 1. The summed E-state index contributed by atoms with van der Waals surface area (Å²) < 4.78 is 0. The standard InChI is InChI=1S/C20H21N3O2S2/c1-13(24)22-20-23-18(19(27-20)16-7-9-17(26)10-8-16)11-6-14-2-4-15(5-3-14)12-25-21/h2-5,7-10,26H,6,11-12,21H2,1H3,(H,22,23,24). The van der Waals surface area contributed by atoms with Crippen LogP contribution in [-0.4, -0.2) is 10.9 Å². The monoisotopic (exact) mass is 399 g/mol. The van der Waals surface area contributed by atoms with E-state index in [0.29, 0.717) is 11.7 Å². The third kappa shape index (κ3) is 5.40. The molecule has 0 aliphatic rings. The van der Waals surface area contributed by atoms with Gasteiger partial charge in [-0.05, 0) is 41.7 Å². The molecule has 0 aliphatic heterocycles. The average molecular weight is 400 g/mol. The second-order valence-corrected chi connectivity index (χ2v) is 7.67. The predicted octanol–water partition coefficient (Wildman–Crippen LogP) is 4.23. The number of rotatable bonds is 7. The molecular weight excluding hydrogens is 378 g/mol. The molecule has 0 aliphatic carbocycles. The van der Waals surface area contributed by atoms with E-state index < -0.39 is 0 Å². The van der Waals surface area contributed by atoms with Crippen molar-refractivity contribution in [2.45, 2.75) is 31.3 Å². The molecule has 0 spiro atoms. The maximum absolute atomic E-state index is 11.4. The minimum Gasteiger partial charge on any atom is -0.302 e. The molecule has 1 amide bonds. The number of carbonyl (C=O) groups is 1. The van der Waals surface area contributed by atoms with Crippen LogP contribution >= 0.6 is 24.0 Å². The van der Waals surface area contributed by atoms with Crippen LogP contribution in [-0.2, 0) is 29.1 Å². The van der Waals surface area contributed by atoms with Crippen LogP contribution in [0.4, 0.5) is 5.13 Å². The van der Waals surface area contributed by atoms with Gasteiger partial charge >= 0.3 is 0 Å². The molecule has 0 fully saturated rings. The van der Waals surface area contributed by atoms with Gasteiger partial charge in [-0.1, -0.05) is 47.7 Å². The van der Waals surface area contributed by atoms with Crippen molar-refractivity contribution in [2.24, 2.45) is 5.90 Å². The molecular formula is C20H21N3O2S2. The number of hydrogen-bond donors (Lipinski definition) is 3. The highest BCUT2D eigenvalue weighted by atomic mass is 32.1. The van der Waals surface area contributed by atoms with Crippen LogP contribution in [0.5, 0.6) is 0 Å². The number of thiazole rings is 1. The molecule has 0 atom stereocenters. The van der Waals surface area contributed by atoms with Crippen molar-refractivity contribution >= 4 is 35.0 Å². The Morgan fingerprint density at radius 3 is 2.41 bits per heavy atom. The number of anilines is 1. The molecule has 3 rings (SSSR count). The van der Waals surface area contributed by atoms with Crippen LogP contribution in [0.1, 0.15) is 23.7 Å². The van der Waals surface area contributed by atoms with E-state index >= 15 is 0 Å². The van der Waals surface area contributed by atoms with Gasteiger partial charge in [-0.2, -0.15) is 0 Å². The normalized spacial score (nSPS) is 10.8. The summed E-state index contributed by atoms with van der Waals surface area (Å²) in [5.74, 6) is 4.99. The molecule has 7 heteroatoms. The Morgan fingerprint density at radius 1 is 1.11 bits per heavy atom. The van der Waals surface area contributed by atoms with Gasteiger partial charge in [-0.25, -0.2) is 10.9 Å². The molecule has 0 radical (unpaired) electrons. The SMILES string of the molecule is CC(=O)Nc1nc(CCc2ccc(CON)cc2)c(-c2ccc(S)cc2)s1. The van der Waals surface area contributed by atoms with E-state index in [0.717, 1.165) is 39.4 Å². The minimum atomic E-state index is -0.120. The summed E-state index contributed by atoms with van der Waals surface area (Å²) in [6, 6.07) is 16.1. The topological polar surface area (TPSA) is 77.2 Å². The molecule has 0 saturated heterocycles. The van der Waals surface area contributed by atoms with Gasteiger partial charge in [0.2, 0.25) is 5.91 Å². The molecule has 140 valence electrons. The molecule has 0 saturated carbocycles. The van der Waals surface area contributed by atoms with Gasteiger partial charge in [0.1, 0.15) is 0 Å². The molecule has 2 aromatic carbocycles. The first-order valence-corrected chi connectivity index (χ1v) is 9.77. The number of nitrogens with zero attached hydrogens (tertiary/aromatic N) is 1. The summed E-state index contributed by atoms with van der Waals surface area (Å²) in [6.07, 6.45) is 1.63.